The van der Waals surface area contributed by atoms with Crippen molar-refractivity contribution in [1.82, 2.24) is 4.98 Å². The Kier molecular flexibility index (Phi) is 6.53. The zero-order chi connectivity index (χ0) is 20.2. The van der Waals surface area contributed by atoms with Crippen LogP contribution in [0.2, 0.25) is 5.15 Å². The average molecular weight is 444 g/mol. The minimum Gasteiger partial charge on any atom is -0.395 e. The van der Waals surface area contributed by atoms with Crippen molar-refractivity contribution in [3.63, 3.8) is 0 Å². The Morgan fingerprint density at radius 2 is 2.21 bits per heavy atom. The number of aliphatic hydroxyl groups is 1. The minimum atomic E-state index is 0.0396. The van der Waals surface area contributed by atoms with E-state index in [1.54, 1.807) is 22.7 Å². The van der Waals surface area contributed by atoms with Crippen LogP contribution in [0, 0.1) is 11.8 Å². The van der Waals surface area contributed by atoms with E-state index in [1.807, 2.05) is 12.1 Å². The number of rotatable bonds is 5. The number of nitrogens with zero attached hydrogens (tertiary/aromatic N) is 1. The zero-order valence-corrected chi connectivity index (χ0v) is 18.2. The van der Waals surface area contributed by atoms with Crippen LogP contribution in [0.1, 0.15) is 40.5 Å². The maximum atomic E-state index is 9.14. The second-order valence-corrected chi connectivity index (χ2v) is 9.40. The van der Waals surface area contributed by atoms with Gasteiger partial charge >= 0.3 is 0 Å². The molecule has 3 aromatic rings. The summed E-state index contributed by atoms with van der Waals surface area (Å²) in [5, 5.41) is 15.2. The third kappa shape index (κ3) is 4.50. The first-order valence-electron chi connectivity index (χ1n) is 9.57. The molecule has 4 rings (SSSR count). The molecular weight excluding hydrogens is 422 g/mol. The molecule has 3 heterocycles. The number of anilines is 1. The molecule has 2 atom stereocenters. The van der Waals surface area contributed by atoms with Crippen LogP contribution in [0.25, 0.3) is 10.2 Å². The summed E-state index contributed by atoms with van der Waals surface area (Å²) in [6.45, 7) is 0.773. The number of nitrogens with one attached hydrogen (secondary N) is 1. The van der Waals surface area contributed by atoms with E-state index in [4.69, 9.17) is 22.4 Å². The van der Waals surface area contributed by atoms with E-state index in [0.29, 0.717) is 11.6 Å². The van der Waals surface area contributed by atoms with Gasteiger partial charge in [-0.25, -0.2) is 4.98 Å². The third-order valence-corrected chi connectivity index (χ3v) is 7.35. The van der Waals surface area contributed by atoms with Crippen LogP contribution in [0.5, 0.6) is 0 Å². The number of fused-ring (bicyclic) bond motifs is 1. The summed E-state index contributed by atoms with van der Waals surface area (Å²) in [5.41, 5.74) is 9.14. The van der Waals surface area contributed by atoms with Gasteiger partial charge in [-0.15, -0.1) is 22.7 Å². The van der Waals surface area contributed by atoms with E-state index in [2.05, 4.69) is 45.7 Å². The fraction of sp³-hybridized carbons (Fsp3) is 0.318. The SMILES string of the molecule is N[C@H]1CC=CC[C@@H]1c1sc2c(NCc3cccs3)cc(Cl)nc2c1C#CCCO. The van der Waals surface area contributed by atoms with E-state index >= 15 is 0 Å². The molecule has 7 heteroatoms. The van der Waals surface area contributed by atoms with Gasteiger partial charge in [0.15, 0.2) is 0 Å². The molecule has 0 amide bonds. The predicted octanol–water partition coefficient (Wildman–Crippen LogP) is 5.12. The van der Waals surface area contributed by atoms with Gasteiger partial charge in [0.1, 0.15) is 10.7 Å². The molecule has 0 radical (unpaired) electrons. The van der Waals surface area contributed by atoms with Crippen molar-refractivity contribution >= 4 is 50.2 Å². The highest BCUT2D eigenvalue weighted by Gasteiger charge is 2.27. The monoisotopic (exact) mass is 443 g/mol. The highest BCUT2D eigenvalue weighted by molar-refractivity contribution is 7.20. The topological polar surface area (TPSA) is 71.2 Å². The van der Waals surface area contributed by atoms with Gasteiger partial charge in [-0.05, 0) is 24.3 Å². The molecule has 0 spiro atoms. The normalized spacial score (nSPS) is 18.6. The lowest BCUT2D eigenvalue weighted by molar-refractivity contribution is 0.305. The molecule has 0 aromatic carbocycles. The summed E-state index contributed by atoms with van der Waals surface area (Å²) in [5.74, 6) is 6.53. The average Bonchev–Trinajstić information content (AvgIpc) is 3.35. The van der Waals surface area contributed by atoms with Crippen LogP contribution in [-0.2, 0) is 6.54 Å². The van der Waals surface area contributed by atoms with Gasteiger partial charge in [0.25, 0.3) is 0 Å². The number of pyridine rings is 1. The number of aromatic nitrogens is 1. The lowest BCUT2D eigenvalue weighted by Gasteiger charge is -2.24. The van der Waals surface area contributed by atoms with Crippen molar-refractivity contribution in [3.8, 4) is 11.8 Å². The largest absolute Gasteiger partial charge is 0.395 e. The maximum Gasteiger partial charge on any atom is 0.131 e. The molecule has 4 N–H and O–H groups in total. The molecule has 1 aliphatic carbocycles. The number of nitrogens with two attached hydrogens (primary N) is 1. The Bertz CT molecular complexity index is 1080. The number of hydrogen-bond donors (Lipinski definition) is 3. The van der Waals surface area contributed by atoms with Crippen molar-refractivity contribution in [2.75, 3.05) is 11.9 Å². The molecule has 0 unspecified atom stereocenters. The van der Waals surface area contributed by atoms with Crippen molar-refractivity contribution < 1.29 is 5.11 Å². The summed E-state index contributed by atoms with van der Waals surface area (Å²) in [6.07, 6.45) is 6.53. The summed E-state index contributed by atoms with van der Waals surface area (Å²) in [6, 6.07) is 6.09. The fourth-order valence-electron chi connectivity index (χ4n) is 3.50. The number of allylic oxidation sites excluding steroid dienone is 1. The van der Waals surface area contributed by atoms with Crippen LogP contribution in [0.15, 0.2) is 35.7 Å². The number of hydrogen-bond acceptors (Lipinski definition) is 6. The standard InChI is InChI=1S/C22H22ClN3OS2/c23-19-12-18(25-13-14-6-5-11-28-14)22-20(26-19)16(8-3-4-10-27)21(29-22)15-7-1-2-9-17(15)24/h1-2,5-6,11-12,15,17,27H,4,7,9-10,13,24H2,(H,25,26)/t15-,17-/m0/s1. The molecule has 0 bridgehead atoms. The number of halogens is 1. The lowest BCUT2D eigenvalue weighted by atomic mass is 9.87. The van der Waals surface area contributed by atoms with Gasteiger partial charge in [-0.1, -0.05) is 41.7 Å². The highest BCUT2D eigenvalue weighted by atomic mass is 35.5. The number of thiophene rings is 2. The van der Waals surface area contributed by atoms with Crippen LogP contribution in [-0.4, -0.2) is 22.7 Å². The van der Waals surface area contributed by atoms with Gasteiger partial charge < -0.3 is 16.2 Å². The Morgan fingerprint density at radius 3 is 2.97 bits per heavy atom. The quantitative estimate of drug-likeness (QED) is 0.291. The summed E-state index contributed by atoms with van der Waals surface area (Å²) in [7, 11) is 0. The van der Waals surface area contributed by atoms with Gasteiger partial charge in [0, 0.05) is 40.7 Å². The van der Waals surface area contributed by atoms with E-state index in [-0.39, 0.29) is 18.6 Å². The van der Waals surface area contributed by atoms with Crippen molar-refractivity contribution in [3.05, 3.63) is 56.2 Å². The Morgan fingerprint density at radius 1 is 1.34 bits per heavy atom. The summed E-state index contributed by atoms with van der Waals surface area (Å²) in [4.78, 5) is 7.03. The van der Waals surface area contributed by atoms with E-state index < -0.39 is 0 Å². The molecule has 1 aliphatic rings. The molecule has 0 fully saturated rings. The molecule has 0 aliphatic heterocycles. The second kappa shape index (κ2) is 9.29. The van der Waals surface area contributed by atoms with Crippen molar-refractivity contribution in [2.45, 2.75) is 37.8 Å². The van der Waals surface area contributed by atoms with Crippen molar-refractivity contribution in [2.24, 2.45) is 5.73 Å². The molecule has 0 saturated carbocycles. The Balaban J connectivity index is 1.81. The molecule has 4 nitrogen and oxygen atoms in total. The smallest absolute Gasteiger partial charge is 0.131 e. The molecular formula is C22H22ClN3OS2. The van der Waals surface area contributed by atoms with E-state index in [0.717, 1.165) is 45.7 Å². The zero-order valence-electron chi connectivity index (χ0n) is 15.8. The molecule has 0 saturated heterocycles. The van der Waals surface area contributed by atoms with E-state index in [9.17, 15) is 0 Å². The van der Waals surface area contributed by atoms with Gasteiger partial charge in [0.2, 0.25) is 0 Å². The third-order valence-electron chi connectivity index (χ3n) is 4.94. The Labute approximate surface area is 183 Å². The van der Waals surface area contributed by atoms with Crippen LogP contribution in [0.3, 0.4) is 0 Å². The molecule has 29 heavy (non-hydrogen) atoms. The summed E-state index contributed by atoms with van der Waals surface area (Å²) < 4.78 is 1.05. The van der Waals surface area contributed by atoms with Gasteiger partial charge in [0.05, 0.1) is 22.6 Å². The maximum absolute atomic E-state index is 9.14. The first-order valence-corrected chi connectivity index (χ1v) is 11.6. The molecule has 3 aromatic heterocycles. The number of aliphatic hydroxyl groups excluding tert-OH is 1. The van der Waals surface area contributed by atoms with Crippen molar-refractivity contribution in [1.29, 1.82) is 0 Å². The summed E-state index contributed by atoms with van der Waals surface area (Å²) >= 11 is 9.80. The predicted molar refractivity (Wildman–Crippen MR) is 124 cm³/mol. The minimum absolute atomic E-state index is 0.0396. The van der Waals surface area contributed by atoms with Crippen LogP contribution >= 0.6 is 34.3 Å². The van der Waals surface area contributed by atoms with Crippen LogP contribution < -0.4 is 11.1 Å². The van der Waals surface area contributed by atoms with Crippen LogP contribution in [0.4, 0.5) is 5.69 Å². The lowest BCUT2D eigenvalue weighted by Crippen LogP contribution is -2.29. The second-order valence-electron chi connectivity index (χ2n) is 6.93. The van der Waals surface area contributed by atoms with Gasteiger partial charge in [-0.3, -0.25) is 0 Å². The fourth-order valence-corrected chi connectivity index (χ4v) is 5.72. The first-order chi connectivity index (χ1) is 14.2. The highest BCUT2D eigenvalue weighted by Crippen LogP contribution is 2.43. The first kappa shape index (κ1) is 20.4. The van der Waals surface area contributed by atoms with Gasteiger partial charge in [-0.2, -0.15) is 0 Å². The Hall–Kier alpha value is -1.88. The van der Waals surface area contributed by atoms with E-state index in [1.165, 1.54) is 4.88 Å². The molecule has 150 valence electrons.